The molecule has 1 saturated heterocycles. The first-order valence-electron chi connectivity index (χ1n) is 6.58. The van der Waals surface area contributed by atoms with E-state index in [1.165, 1.54) is 19.3 Å². The molecule has 1 aromatic carbocycles. The lowest BCUT2D eigenvalue weighted by atomic mass is 9.95. The summed E-state index contributed by atoms with van der Waals surface area (Å²) in [7, 11) is 0. The minimum absolute atomic E-state index is 0.411. The second-order valence-electron chi connectivity index (χ2n) is 4.94. The second-order valence-corrected chi connectivity index (χ2v) is 5.83. The van der Waals surface area contributed by atoms with Gasteiger partial charge in [0.1, 0.15) is 0 Å². The van der Waals surface area contributed by atoms with E-state index in [2.05, 4.69) is 16.4 Å². The minimum atomic E-state index is -0.411. The van der Waals surface area contributed by atoms with E-state index in [1.807, 2.05) is 17.6 Å². The summed E-state index contributed by atoms with van der Waals surface area (Å²) in [5.74, 6) is 0. The number of benzene rings is 1. The van der Waals surface area contributed by atoms with Crippen molar-refractivity contribution in [1.29, 1.82) is 0 Å². The molecule has 0 unspecified atom stereocenters. The number of aliphatic hydroxyl groups excluding tert-OH is 1. The van der Waals surface area contributed by atoms with Gasteiger partial charge in [0, 0.05) is 11.6 Å². The van der Waals surface area contributed by atoms with Crippen molar-refractivity contribution in [2.75, 3.05) is 6.54 Å². The summed E-state index contributed by atoms with van der Waals surface area (Å²) in [5, 5.41) is 13.9. The largest absolute Gasteiger partial charge is 0.388 e. The van der Waals surface area contributed by atoms with Crippen LogP contribution in [0, 0.1) is 0 Å². The Morgan fingerprint density at radius 3 is 3.22 bits per heavy atom. The normalized spacial score (nSPS) is 22.2. The van der Waals surface area contributed by atoms with Crippen LogP contribution in [0.5, 0.6) is 0 Å². The molecule has 0 bridgehead atoms. The van der Waals surface area contributed by atoms with Crippen LogP contribution in [0.3, 0.4) is 0 Å². The van der Waals surface area contributed by atoms with Gasteiger partial charge in [-0.25, -0.2) is 4.98 Å². The van der Waals surface area contributed by atoms with E-state index in [0.717, 1.165) is 28.7 Å². The van der Waals surface area contributed by atoms with Crippen molar-refractivity contribution in [3.63, 3.8) is 0 Å². The molecule has 0 saturated carbocycles. The molecule has 1 fully saturated rings. The Morgan fingerprint density at radius 2 is 2.39 bits per heavy atom. The van der Waals surface area contributed by atoms with Crippen molar-refractivity contribution in [2.24, 2.45) is 0 Å². The van der Waals surface area contributed by atoms with Crippen molar-refractivity contribution in [3.05, 3.63) is 29.3 Å². The number of hydrogen-bond donors (Lipinski definition) is 2. The summed E-state index contributed by atoms with van der Waals surface area (Å²) in [4.78, 5) is 4.37. The van der Waals surface area contributed by atoms with Gasteiger partial charge in [-0.15, -0.1) is 11.3 Å². The third kappa shape index (κ3) is 2.41. The van der Waals surface area contributed by atoms with Gasteiger partial charge < -0.3 is 10.4 Å². The highest BCUT2D eigenvalue weighted by Gasteiger charge is 2.19. The summed E-state index contributed by atoms with van der Waals surface area (Å²) in [6.45, 7) is 1.08. The van der Waals surface area contributed by atoms with Crippen LogP contribution in [0.2, 0.25) is 0 Å². The van der Waals surface area contributed by atoms with Crippen LogP contribution in [0.25, 0.3) is 10.2 Å². The molecule has 0 radical (unpaired) electrons. The Hall–Kier alpha value is -0.970. The molecule has 0 amide bonds. The van der Waals surface area contributed by atoms with Crippen LogP contribution in [0.15, 0.2) is 23.7 Å². The average Bonchev–Trinajstić information content (AvgIpc) is 2.87. The van der Waals surface area contributed by atoms with Gasteiger partial charge in [-0.3, -0.25) is 0 Å². The van der Waals surface area contributed by atoms with E-state index in [9.17, 15) is 5.11 Å². The van der Waals surface area contributed by atoms with E-state index >= 15 is 0 Å². The topological polar surface area (TPSA) is 45.1 Å². The Bertz CT molecular complexity index is 519. The minimum Gasteiger partial charge on any atom is -0.388 e. The molecule has 0 aliphatic carbocycles. The van der Waals surface area contributed by atoms with Crippen molar-refractivity contribution >= 4 is 21.6 Å². The van der Waals surface area contributed by atoms with Gasteiger partial charge in [0.15, 0.2) is 0 Å². The van der Waals surface area contributed by atoms with Crippen molar-refractivity contribution in [3.8, 4) is 0 Å². The fourth-order valence-electron chi connectivity index (χ4n) is 2.70. The highest BCUT2D eigenvalue weighted by Crippen LogP contribution is 2.29. The number of thiazole rings is 1. The van der Waals surface area contributed by atoms with E-state index < -0.39 is 6.10 Å². The molecule has 2 N–H and O–H groups in total. The van der Waals surface area contributed by atoms with Gasteiger partial charge in [-0.2, -0.15) is 0 Å². The number of fused-ring (bicyclic) bond motifs is 1. The summed E-state index contributed by atoms with van der Waals surface area (Å²) < 4.78 is 1.16. The van der Waals surface area contributed by atoms with Crippen molar-refractivity contribution in [2.45, 2.75) is 37.8 Å². The molecule has 2 heterocycles. The molecule has 3 nitrogen and oxygen atoms in total. The number of para-hydroxylation sites is 1. The average molecular weight is 262 g/mol. The molecule has 1 aliphatic rings. The number of rotatable bonds is 3. The lowest BCUT2D eigenvalue weighted by molar-refractivity contribution is 0.146. The molecular formula is C14H18N2OS. The first-order chi connectivity index (χ1) is 8.84. The molecule has 2 atom stereocenters. The van der Waals surface area contributed by atoms with Crippen molar-refractivity contribution in [1.82, 2.24) is 10.3 Å². The summed E-state index contributed by atoms with van der Waals surface area (Å²) in [6, 6.07) is 6.51. The molecular weight excluding hydrogens is 244 g/mol. The zero-order valence-electron chi connectivity index (χ0n) is 10.3. The monoisotopic (exact) mass is 262 g/mol. The maximum atomic E-state index is 10.4. The van der Waals surface area contributed by atoms with Crippen molar-refractivity contribution < 1.29 is 5.11 Å². The fourth-order valence-corrected chi connectivity index (χ4v) is 3.41. The third-order valence-corrected chi connectivity index (χ3v) is 4.47. The number of nitrogens with zero attached hydrogens (tertiary/aromatic N) is 1. The standard InChI is InChI=1S/C14H18N2OS/c17-12(8-10-4-1-2-7-15-10)11-5-3-6-13-14(11)16-9-18-13/h3,5-6,9-10,12,15,17H,1-2,4,7-8H2/t10-,12-/m1/s1. The lowest BCUT2D eigenvalue weighted by Crippen LogP contribution is -2.35. The predicted octanol–water partition coefficient (Wildman–Crippen LogP) is 2.86. The Morgan fingerprint density at radius 1 is 1.44 bits per heavy atom. The van der Waals surface area contributed by atoms with Crippen LogP contribution >= 0.6 is 11.3 Å². The van der Waals surface area contributed by atoms with Crippen LogP contribution in [0.4, 0.5) is 0 Å². The van der Waals surface area contributed by atoms with E-state index in [0.29, 0.717) is 6.04 Å². The maximum absolute atomic E-state index is 10.4. The molecule has 1 aliphatic heterocycles. The van der Waals surface area contributed by atoms with Gasteiger partial charge in [-0.1, -0.05) is 18.6 Å². The third-order valence-electron chi connectivity index (χ3n) is 3.67. The highest BCUT2D eigenvalue weighted by molar-refractivity contribution is 7.16. The van der Waals surface area contributed by atoms with Gasteiger partial charge in [0.25, 0.3) is 0 Å². The summed E-state index contributed by atoms with van der Waals surface area (Å²) in [5.41, 5.74) is 3.78. The smallest absolute Gasteiger partial charge is 0.0869 e. The second kappa shape index (κ2) is 5.34. The van der Waals surface area contributed by atoms with Crippen LogP contribution in [-0.2, 0) is 0 Å². The van der Waals surface area contributed by atoms with E-state index in [1.54, 1.807) is 11.3 Å². The summed E-state index contributed by atoms with van der Waals surface area (Å²) >= 11 is 1.63. The first kappa shape index (κ1) is 12.1. The van der Waals surface area contributed by atoms with Gasteiger partial charge in [0.2, 0.25) is 0 Å². The predicted molar refractivity (Wildman–Crippen MR) is 74.8 cm³/mol. The number of hydrogen-bond acceptors (Lipinski definition) is 4. The molecule has 3 rings (SSSR count). The highest BCUT2D eigenvalue weighted by atomic mass is 32.1. The molecule has 0 spiro atoms. The first-order valence-corrected chi connectivity index (χ1v) is 7.46. The van der Waals surface area contributed by atoms with E-state index in [4.69, 9.17) is 0 Å². The van der Waals surface area contributed by atoms with Crippen LogP contribution in [-0.4, -0.2) is 22.7 Å². The molecule has 2 aromatic rings. The van der Waals surface area contributed by atoms with Gasteiger partial charge in [-0.05, 0) is 31.9 Å². The number of piperidine rings is 1. The summed E-state index contributed by atoms with van der Waals surface area (Å²) in [6.07, 6.45) is 4.08. The maximum Gasteiger partial charge on any atom is 0.0869 e. The molecule has 18 heavy (non-hydrogen) atoms. The Balaban J connectivity index is 1.78. The molecule has 1 aromatic heterocycles. The lowest BCUT2D eigenvalue weighted by Gasteiger charge is -2.25. The quantitative estimate of drug-likeness (QED) is 0.894. The molecule has 4 heteroatoms. The zero-order valence-corrected chi connectivity index (χ0v) is 11.1. The van der Waals surface area contributed by atoms with Crippen LogP contribution < -0.4 is 5.32 Å². The van der Waals surface area contributed by atoms with Gasteiger partial charge >= 0.3 is 0 Å². The molecule has 96 valence electrons. The fraction of sp³-hybridized carbons (Fsp3) is 0.500. The Kier molecular flexibility index (Phi) is 3.59. The number of nitrogens with one attached hydrogen (secondary N) is 1. The Labute approximate surface area is 111 Å². The number of aliphatic hydroxyl groups is 1. The zero-order chi connectivity index (χ0) is 12.4. The SMILES string of the molecule is O[C@H](C[C@H]1CCCCN1)c1cccc2scnc12. The number of aromatic nitrogens is 1. The van der Waals surface area contributed by atoms with Gasteiger partial charge in [0.05, 0.1) is 21.8 Å². The van der Waals surface area contributed by atoms with E-state index in [-0.39, 0.29) is 0 Å². The van der Waals surface area contributed by atoms with Crippen LogP contribution in [0.1, 0.15) is 37.4 Å².